The smallest absolute Gasteiger partial charge is 0.125 e. The second-order valence-corrected chi connectivity index (χ2v) is 7.37. The fourth-order valence-electron chi connectivity index (χ4n) is 3.28. The number of benzene rings is 1. The molecule has 1 aromatic rings. The zero-order valence-electron chi connectivity index (χ0n) is 13.3. The van der Waals surface area contributed by atoms with Gasteiger partial charge in [-0.2, -0.15) is 0 Å². The molecule has 1 aromatic carbocycles. The molecule has 1 aliphatic carbocycles. The molecule has 2 heteroatoms. The Morgan fingerprint density at radius 3 is 2.55 bits per heavy atom. The van der Waals surface area contributed by atoms with Gasteiger partial charge in [-0.3, -0.25) is 0 Å². The maximum atomic E-state index is 13.4. The average Bonchev–Trinajstić information content (AvgIpc) is 2.59. The molecule has 2 unspecified atom stereocenters. The SMILES string of the molecule is Cc1ccc(F)cc1NC1CCCC(C(C)(C)C)CC1. The van der Waals surface area contributed by atoms with E-state index in [1.54, 1.807) is 6.07 Å². The summed E-state index contributed by atoms with van der Waals surface area (Å²) in [6.45, 7) is 9.09. The summed E-state index contributed by atoms with van der Waals surface area (Å²) < 4.78 is 13.4. The van der Waals surface area contributed by atoms with E-state index in [0.717, 1.165) is 17.2 Å². The first-order chi connectivity index (χ1) is 9.36. The maximum Gasteiger partial charge on any atom is 0.125 e. The Balaban J connectivity index is 1.99. The average molecular weight is 277 g/mol. The summed E-state index contributed by atoms with van der Waals surface area (Å²) in [4.78, 5) is 0. The summed E-state index contributed by atoms with van der Waals surface area (Å²) in [5.41, 5.74) is 2.50. The van der Waals surface area contributed by atoms with E-state index in [9.17, 15) is 4.39 Å². The van der Waals surface area contributed by atoms with E-state index in [1.807, 2.05) is 13.0 Å². The molecule has 0 saturated heterocycles. The van der Waals surface area contributed by atoms with E-state index in [0.29, 0.717) is 11.5 Å². The summed E-state index contributed by atoms with van der Waals surface area (Å²) >= 11 is 0. The van der Waals surface area contributed by atoms with Crippen LogP contribution in [-0.4, -0.2) is 6.04 Å². The molecule has 1 N–H and O–H groups in total. The summed E-state index contributed by atoms with van der Waals surface area (Å²) in [5, 5.41) is 3.56. The molecule has 0 spiro atoms. The first kappa shape index (κ1) is 15.3. The number of aryl methyl sites for hydroxylation is 1. The van der Waals surface area contributed by atoms with Crippen molar-refractivity contribution in [2.75, 3.05) is 5.32 Å². The van der Waals surface area contributed by atoms with Crippen molar-refractivity contribution in [1.82, 2.24) is 0 Å². The van der Waals surface area contributed by atoms with Crippen LogP contribution in [0.25, 0.3) is 0 Å². The van der Waals surface area contributed by atoms with Crippen LogP contribution in [0.4, 0.5) is 10.1 Å². The summed E-state index contributed by atoms with van der Waals surface area (Å²) in [7, 11) is 0. The van der Waals surface area contributed by atoms with Gasteiger partial charge in [0.25, 0.3) is 0 Å². The minimum Gasteiger partial charge on any atom is -0.382 e. The number of nitrogens with one attached hydrogen (secondary N) is 1. The fraction of sp³-hybridized carbons (Fsp3) is 0.667. The molecule has 1 fully saturated rings. The third kappa shape index (κ3) is 3.97. The van der Waals surface area contributed by atoms with Crippen LogP contribution in [0.5, 0.6) is 0 Å². The van der Waals surface area contributed by atoms with E-state index >= 15 is 0 Å². The van der Waals surface area contributed by atoms with Gasteiger partial charge in [-0.25, -0.2) is 4.39 Å². The van der Waals surface area contributed by atoms with Gasteiger partial charge in [0.05, 0.1) is 0 Å². The van der Waals surface area contributed by atoms with Gasteiger partial charge in [-0.1, -0.05) is 33.3 Å². The number of halogens is 1. The molecule has 1 aliphatic rings. The molecule has 0 radical (unpaired) electrons. The van der Waals surface area contributed by atoms with Gasteiger partial charge in [-0.15, -0.1) is 0 Å². The molecular formula is C18H28FN. The Kier molecular flexibility index (Phi) is 4.72. The van der Waals surface area contributed by atoms with Crippen molar-refractivity contribution in [3.8, 4) is 0 Å². The Labute approximate surface area is 123 Å². The predicted octanol–water partition coefficient (Wildman–Crippen LogP) is 5.54. The number of rotatable bonds is 2. The largest absolute Gasteiger partial charge is 0.382 e. The first-order valence-corrected chi connectivity index (χ1v) is 7.89. The van der Waals surface area contributed by atoms with Crippen LogP contribution in [0.15, 0.2) is 18.2 Å². The van der Waals surface area contributed by atoms with Gasteiger partial charge in [0.1, 0.15) is 5.82 Å². The van der Waals surface area contributed by atoms with Gasteiger partial charge >= 0.3 is 0 Å². The quantitative estimate of drug-likeness (QED) is 0.700. The Bertz CT molecular complexity index is 447. The molecule has 0 heterocycles. The lowest BCUT2D eigenvalue weighted by Crippen LogP contribution is -2.22. The second-order valence-electron chi connectivity index (χ2n) is 7.37. The highest BCUT2D eigenvalue weighted by Gasteiger charge is 2.27. The first-order valence-electron chi connectivity index (χ1n) is 7.89. The minimum atomic E-state index is -0.153. The standard InChI is InChI=1S/C18H28FN/c1-13-8-10-15(19)12-17(13)20-16-7-5-6-14(9-11-16)18(2,3)4/h8,10,12,14,16,20H,5-7,9,11H2,1-4H3. The van der Waals surface area contributed by atoms with Crippen molar-refractivity contribution in [3.05, 3.63) is 29.6 Å². The van der Waals surface area contributed by atoms with Crippen LogP contribution in [0.2, 0.25) is 0 Å². The van der Waals surface area contributed by atoms with Crippen LogP contribution in [-0.2, 0) is 0 Å². The molecule has 1 nitrogen and oxygen atoms in total. The Hall–Kier alpha value is -1.05. The molecule has 112 valence electrons. The number of hydrogen-bond acceptors (Lipinski definition) is 1. The van der Waals surface area contributed by atoms with Gasteiger partial charge in [0, 0.05) is 11.7 Å². The monoisotopic (exact) mass is 277 g/mol. The van der Waals surface area contributed by atoms with Gasteiger partial charge in [-0.05, 0) is 61.6 Å². The van der Waals surface area contributed by atoms with Gasteiger partial charge < -0.3 is 5.32 Å². The van der Waals surface area contributed by atoms with Crippen LogP contribution in [0, 0.1) is 24.1 Å². The third-order valence-electron chi connectivity index (χ3n) is 4.75. The van der Waals surface area contributed by atoms with Crippen LogP contribution >= 0.6 is 0 Å². The number of hydrogen-bond donors (Lipinski definition) is 1. The maximum absolute atomic E-state index is 13.4. The third-order valence-corrected chi connectivity index (χ3v) is 4.75. The second kappa shape index (κ2) is 6.15. The Morgan fingerprint density at radius 1 is 1.10 bits per heavy atom. The van der Waals surface area contributed by atoms with Gasteiger partial charge in [0.15, 0.2) is 0 Å². The van der Waals surface area contributed by atoms with E-state index in [-0.39, 0.29) is 5.82 Å². The van der Waals surface area contributed by atoms with Crippen molar-refractivity contribution in [2.45, 2.75) is 65.8 Å². The zero-order valence-corrected chi connectivity index (χ0v) is 13.3. The highest BCUT2D eigenvalue weighted by molar-refractivity contribution is 5.51. The molecule has 2 rings (SSSR count). The molecular weight excluding hydrogens is 249 g/mol. The lowest BCUT2D eigenvalue weighted by molar-refractivity contribution is 0.214. The number of anilines is 1. The molecule has 0 aliphatic heterocycles. The summed E-state index contributed by atoms with van der Waals surface area (Å²) in [6.07, 6.45) is 6.26. The van der Waals surface area contributed by atoms with Crippen LogP contribution in [0.3, 0.4) is 0 Å². The van der Waals surface area contributed by atoms with E-state index < -0.39 is 0 Å². The van der Waals surface area contributed by atoms with Crippen molar-refractivity contribution >= 4 is 5.69 Å². The normalized spacial score (nSPS) is 24.2. The topological polar surface area (TPSA) is 12.0 Å². The zero-order chi connectivity index (χ0) is 14.8. The van der Waals surface area contributed by atoms with Gasteiger partial charge in [0.2, 0.25) is 0 Å². The highest BCUT2D eigenvalue weighted by atomic mass is 19.1. The molecule has 0 amide bonds. The summed E-state index contributed by atoms with van der Waals surface area (Å²) in [6, 6.07) is 5.50. The summed E-state index contributed by atoms with van der Waals surface area (Å²) in [5.74, 6) is 0.655. The van der Waals surface area contributed by atoms with Crippen LogP contribution < -0.4 is 5.32 Å². The predicted molar refractivity (Wildman–Crippen MR) is 84.6 cm³/mol. The van der Waals surface area contributed by atoms with Crippen molar-refractivity contribution < 1.29 is 4.39 Å². The molecule has 2 atom stereocenters. The fourth-order valence-corrected chi connectivity index (χ4v) is 3.28. The lowest BCUT2D eigenvalue weighted by Gasteiger charge is -2.29. The molecule has 0 aromatic heterocycles. The molecule has 1 saturated carbocycles. The lowest BCUT2D eigenvalue weighted by atomic mass is 9.76. The van der Waals surface area contributed by atoms with E-state index in [2.05, 4.69) is 26.1 Å². The van der Waals surface area contributed by atoms with Crippen LogP contribution in [0.1, 0.15) is 58.4 Å². The van der Waals surface area contributed by atoms with Crippen molar-refractivity contribution in [1.29, 1.82) is 0 Å². The van der Waals surface area contributed by atoms with Crippen molar-refractivity contribution in [2.24, 2.45) is 11.3 Å². The minimum absolute atomic E-state index is 0.153. The van der Waals surface area contributed by atoms with Crippen molar-refractivity contribution in [3.63, 3.8) is 0 Å². The molecule has 0 bridgehead atoms. The van der Waals surface area contributed by atoms with E-state index in [4.69, 9.17) is 0 Å². The van der Waals surface area contributed by atoms with E-state index in [1.165, 1.54) is 38.2 Å². The molecule has 20 heavy (non-hydrogen) atoms. The Morgan fingerprint density at radius 2 is 1.85 bits per heavy atom. The highest BCUT2D eigenvalue weighted by Crippen LogP contribution is 2.37.